The van der Waals surface area contributed by atoms with Gasteiger partial charge in [0.05, 0.1) is 17.4 Å². The number of ether oxygens (including phenoxy) is 1. The molecule has 1 aromatic heterocycles. The number of alkyl halides is 3. The van der Waals surface area contributed by atoms with Gasteiger partial charge in [0.2, 0.25) is 5.76 Å². The molecule has 0 aliphatic carbocycles. The molecule has 31 heavy (non-hydrogen) atoms. The smallest absolute Gasteiger partial charge is 0.420 e. The normalized spacial score (nSPS) is 11.1. The second-order valence-corrected chi connectivity index (χ2v) is 6.06. The van der Waals surface area contributed by atoms with Gasteiger partial charge in [0.15, 0.2) is 0 Å². The van der Waals surface area contributed by atoms with E-state index in [2.05, 4.69) is 4.74 Å². The number of nitrogens with one attached hydrogen (secondary N) is 1. The molecule has 0 saturated heterocycles. The third-order valence-electron chi connectivity index (χ3n) is 4.17. The summed E-state index contributed by atoms with van der Waals surface area (Å²) in [5, 5.41) is 9.60. The number of hydrazine groups is 1. The zero-order valence-electron chi connectivity index (χ0n) is 15.4. The van der Waals surface area contributed by atoms with Crippen molar-refractivity contribution in [2.24, 2.45) is 5.84 Å². The number of hydrogen-bond donors (Lipinski definition) is 3. The van der Waals surface area contributed by atoms with E-state index in [9.17, 15) is 32.7 Å². The molecule has 1 heterocycles. The number of nitrogen functional groups attached to an aromatic ring is 1. The Balaban J connectivity index is 1.99. The fraction of sp³-hybridized carbons (Fsp3) is 0.0500. The van der Waals surface area contributed by atoms with Gasteiger partial charge in [-0.3, -0.25) is 10.2 Å². The molecule has 3 rings (SSSR count). The van der Waals surface area contributed by atoms with Crippen molar-refractivity contribution in [1.29, 1.82) is 0 Å². The highest BCUT2D eigenvalue weighted by atomic mass is 19.4. The van der Waals surface area contributed by atoms with Gasteiger partial charge >= 0.3 is 18.1 Å². The van der Waals surface area contributed by atoms with Crippen molar-refractivity contribution in [1.82, 2.24) is 5.43 Å². The van der Waals surface area contributed by atoms with Gasteiger partial charge in [0.1, 0.15) is 11.3 Å². The molecule has 0 fully saturated rings. The summed E-state index contributed by atoms with van der Waals surface area (Å²) in [6.07, 6.45) is -4.05. The lowest BCUT2D eigenvalue weighted by atomic mass is 9.98. The number of aromatic hydroxyl groups is 1. The highest BCUT2D eigenvalue weighted by Crippen LogP contribution is 2.39. The van der Waals surface area contributed by atoms with Gasteiger partial charge in [-0.25, -0.2) is 15.4 Å². The van der Waals surface area contributed by atoms with E-state index in [0.29, 0.717) is 17.7 Å². The third kappa shape index (κ3) is 4.26. The molecule has 160 valence electrons. The van der Waals surface area contributed by atoms with E-state index in [0.717, 1.165) is 0 Å². The van der Waals surface area contributed by atoms with Crippen molar-refractivity contribution >= 4 is 17.8 Å². The van der Waals surface area contributed by atoms with Crippen LogP contribution in [-0.2, 0) is 10.9 Å². The molecule has 0 saturated carbocycles. The van der Waals surface area contributed by atoms with E-state index < -0.39 is 46.5 Å². The number of esters is 2. The number of rotatable bonds is 4. The molecule has 0 aliphatic heterocycles. The molecular weight excluding hydrogens is 421 g/mol. The predicted molar refractivity (Wildman–Crippen MR) is 98.7 cm³/mol. The molecule has 0 spiro atoms. The quantitative estimate of drug-likeness (QED) is 0.189. The first-order valence-electron chi connectivity index (χ1n) is 8.48. The minimum Gasteiger partial charge on any atom is -0.507 e. The maximum Gasteiger partial charge on any atom is 0.420 e. The number of carbonyl (C=O) groups is 3. The van der Waals surface area contributed by atoms with Crippen LogP contribution in [0, 0.1) is 0 Å². The molecule has 3 aromatic rings. The summed E-state index contributed by atoms with van der Waals surface area (Å²) in [6.45, 7) is 0. The van der Waals surface area contributed by atoms with Crippen molar-refractivity contribution in [3.05, 3.63) is 77.2 Å². The van der Waals surface area contributed by atoms with Crippen LogP contribution in [0.15, 0.2) is 59.2 Å². The molecule has 0 atom stereocenters. The number of phenolic OH excluding ortho intramolecular Hbond substituents is 1. The zero-order chi connectivity index (χ0) is 22.8. The molecule has 0 aliphatic rings. The Morgan fingerprint density at radius 2 is 1.68 bits per heavy atom. The minimum atomic E-state index is -5.21. The first kappa shape index (κ1) is 21.6. The van der Waals surface area contributed by atoms with E-state index in [-0.39, 0.29) is 11.3 Å². The molecule has 0 radical (unpaired) electrons. The van der Waals surface area contributed by atoms with Gasteiger partial charge < -0.3 is 14.3 Å². The molecule has 8 nitrogen and oxygen atoms in total. The van der Waals surface area contributed by atoms with E-state index in [1.165, 1.54) is 17.8 Å². The first-order chi connectivity index (χ1) is 14.6. The van der Waals surface area contributed by atoms with Crippen LogP contribution in [0.4, 0.5) is 13.2 Å². The largest absolute Gasteiger partial charge is 0.507 e. The summed E-state index contributed by atoms with van der Waals surface area (Å²) in [5.41, 5.74) is -1.73. The average Bonchev–Trinajstić information content (AvgIpc) is 3.22. The topological polar surface area (TPSA) is 132 Å². The van der Waals surface area contributed by atoms with Crippen molar-refractivity contribution in [2.45, 2.75) is 6.18 Å². The molecular formula is C20H13F3N2O6. The van der Waals surface area contributed by atoms with Crippen LogP contribution in [0.1, 0.15) is 36.8 Å². The molecule has 1 amide bonds. The van der Waals surface area contributed by atoms with Gasteiger partial charge in [-0.15, -0.1) is 0 Å². The number of furan rings is 1. The highest BCUT2D eigenvalue weighted by Gasteiger charge is 2.41. The Kier molecular flexibility index (Phi) is 5.79. The number of carbonyl (C=O) groups excluding carboxylic acids is 3. The molecule has 0 bridgehead atoms. The summed E-state index contributed by atoms with van der Waals surface area (Å²) in [6, 6.07) is 11.1. The Morgan fingerprint density at radius 3 is 2.29 bits per heavy atom. The average molecular weight is 434 g/mol. The van der Waals surface area contributed by atoms with Gasteiger partial charge in [0, 0.05) is 5.56 Å². The van der Waals surface area contributed by atoms with E-state index in [1.54, 1.807) is 30.3 Å². The van der Waals surface area contributed by atoms with Crippen molar-refractivity contribution < 1.29 is 41.8 Å². The Bertz CT molecular complexity index is 1160. The van der Waals surface area contributed by atoms with Gasteiger partial charge in [-0.2, -0.15) is 13.2 Å². The van der Waals surface area contributed by atoms with Crippen LogP contribution in [0.2, 0.25) is 0 Å². The number of hydrogen-bond acceptors (Lipinski definition) is 7. The molecule has 2 aromatic carbocycles. The lowest BCUT2D eigenvalue weighted by Gasteiger charge is -2.16. The number of nitrogens with two attached hydrogens (primary N) is 1. The van der Waals surface area contributed by atoms with Crippen LogP contribution in [-0.4, -0.2) is 23.0 Å². The summed E-state index contributed by atoms with van der Waals surface area (Å²) < 4.78 is 49.8. The first-order valence-corrected chi connectivity index (χ1v) is 8.48. The number of halogens is 3. The summed E-state index contributed by atoms with van der Waals surface area (Å²) in [5.74, 6) is -1.17. The van der Waals surface area contributed by atoms with Crippen LogP contribution in [0.3, 0.4) is 0 Å². The SMILES string of the molecule is NNC(=O)c1c(C(=O)OC(=O)c2occc2-c2ccccc2)ccc(O)c1C(F)(F)F. The maximum absolute atomic E-state index is 13.4. The molecule has 0 unspecified atom stereocenters. The van der Waals surface area contributed by atoms with Crippen LogP contribution in [0.25, 0.3) is 11.1 Å². The van der Waals surface area contributed by atoms with Crippen molar-refractivity contribution in [3.8, 4) is 16.9 Å². The zero-order valence-corrected chi connectivity index (χ0v) is 15.4. The third-order valence-corrected chi connectivity index (χ3v) is 4.17. The van der Waals surface area contributed by atoms with Crippen molar-refractivity contribution in [3.63, 3.8) is 0 Å². The van der Waals surface area contributed by atoms with E-state index >= 15 is 0 Å². The van der Waals surface area contributed by atoms with Gasteiger partial charge in [0.25, 0.3) is 5.91 Å². The van der Waals surface area contributed by atoms with Gasteiger partial charge in [-0.1, -0.05) is 30.3 Å². The molecule has 4 N–H and O–H groups in total. The Labute approximate surface area is 172 Å². The Morgan fingerprint density at radius 1 is 1.00 bits per heavy atom. The van der Waals surface area contributed by atoms with Gasteiger partial charge in [-0.05, 0) is 23.8 Å². The predicted octanol–water partition coefficient (Wildman–Crippen LogP) is 3.27. The lowest BCUT2D eigenvalue weighted by Crippen LogP contribution is -2.34. The number of phenols is 1. The summed E-state index contributed by atoms with van der Waals surface area (Å²) in [4.78, 5) is 36.9. The fourth-order valence-electron chi connectivity index (χ4n) is 2.85. The number of benzene rings is 2. The van der Waals surface area contributed by atoms with Crippen molar-refractivity contribution in [2.75, 3.05) is 0 Å². The van der Waals surface area contributed by atoms with Crippen LogP contribution in [0.5, 0.6) is 5.75 Å². The number of amides is 1. The van der Waals surface area contributed by atoms with Crippen LogP contribution >= 0.6 is 0 Å². The lowest BCUT2D eigenvalue weighted by molar-refractivity contribution is -0.139. The molecule has 11 heteroatoms. The Hall–Kier alpha value is -4.12. The standard InChI is InChI=1S/C20H13F3N2O6/c21-20(22,23)15-13(26)7-6-12(14(15)17(27)25-24)18(28)31-19(29)16-11(8-9-30-16)10-4-2-1-3-5-10/h1-9,26H,24H2,(H,25,27). The summed E-state index contributed by atoms with van der Waals surface area (Å²) >= 11 is 0. The second-order valence-electron chi connectivity index (χ2n) is 6.06. The van der Waals surface area contributed by atoms with E-state index in [1.807, 2.05) is 0 Å². The summed E-state index contributed by atoms with van der Waals surface area (Å²) in [7, 11) is 0. The fourth-order valence-corrected chi connectivity index (χ4v) is 2.85. The second kappa shape index (κ2) is 8.32. The minimum absolute atomic E-state index is 0.278. The monoisotopic (exact) mass is 434 g/mol. The maximum atomic E-state index is 13.4. The van der Waals surface area contributed by atoms with Crippen LogP contribution < -0.4 is 11.3 Å². The van der Waals surface area contributed by atoms with E-state index in [4.69, 9.17) is 10.3 Å². The highest BCUT2D eigenvalue weighted by molar-refractivity contribution is 6.11.